The Hall–Kier alpha value is -1.09. The smallest absolute Gasteiger partial charge is 0.126 e. The molecule has 0 aliphatic rings. The van der Waals surface area contributed by atoms with Crippen LogP contribution in [0, 0.1) is 5.82 Å². The minimum Gasteiger partial charge on any atom is -0.327 e. The van der Waals surface area contributed by atoms with Crippen LogP contribution in [-0.2, 0) is 12.8 Å². The van der Waals surface area contributed by atoms with Gasteiger partial charge >= 0.3 is 0 Å². The van der Waals surface area contributed by atoms with Gasteiger partial charge in [0, 0.05) is 6.04 Å². The monoisotopic (exact) mass is 297 g/mol. The molecule has 0 aliphatic heterocycles. The summed E-state index contributed by atoms with van der Waals surface area (Å²) in [6, 6.07) is 11.9. The number of hydrogen-bond acceptors (Lipinski definition) is 1. The highest BCUT2D eigenvalue weighted by Gasteiger charge is 2.12. The van der Waals surface area contributed by atoms with Gasteiger partial charge in [0.05, 0.1) is 10.0 Å². The Labute approximate surface area is 122 Å². The molecule has 0 saturated carbocycles. The molecule has 0 fully saturated rings. The lowest BCUT2D eigenvalue weighted by Crippen LogP contribution is -2.26. The molecule has 0 heterocycles. The molecule has 0 saturated heterocycles. The van der Waals surface area contributed by atoms with Crippen molar-refractivity contribution in [1.82, 2.24) is 0 Å². The second-order valence-corrected chi connectivity index (χ2v) is 5.26. The Balaban J connectivity index is 2.08. The molecule has 0 bridgehead atoms. The Kier molecular flexibility index (Phi) is 4.81. The molecule has 0 aliphatic carbocycles. The minimum atomic E-state index is -0.227. The summed E-state index contributed by atoms with van der Waals surface area (Å²) in [7, 11) is 0. The SMILES string of the molecule is NC(Cc1ccccc1F)Cc1cccc(Cl)c1Cl. The molecule has 2 aromatic rings. The van der Waals surface area contributed by atoms with Gasteiger partial charge in [0.2, 0.25) is 0 Å². The summed E-state index contributed by atoms with van der Waals surface area (Å²) in [4.78, 5) is 0. The predicted molar refractivity (Wildman–Crippen MR) is 78.2 cm³/mol. The number of nitrogens with two attached hydrogens (primary N) is 1. The zero-order chi connectivity index (χ0) is 13.8. The van der Waals surface area contributed by atoms with Gasteiger partial charge in [-0.25, -0.2) is 4.39 Å². The fourth-order valence-corrected chi connectivity index (χ4v) is 2.40. The lowest BCUT2D eigenvalue weighted by atomic mass is 9.99. The highest BCUT2D eigenvalue weighted by molar-refractivity contribution is 6.42. The number of rotatable bonds is 4. The zero-order valence-corrected chi connectivity index (χ0v) is 11.8. The standard InChI is InChI=1S/C15H14Cl2FN/c16-13-6-3-5-11(15(13)17)9-12(19)8-10-4-1-2-7-14(10)18/h1-7,12H,8-9,19H2. The van der Waals surface area contributed by atoms with Crippen molar-refractivity contribution in [1.29, 1.82) is 0 Å². The molecule has 1 nitrogen and oxygen atoms in total. The van der Waals surface area contributed by atoms with Crippen molar-refractivity contribution in [2.45, 2.75) is 18.9 Å². The van der Waals surface area contributed by atoms with Gasteiger partial charge in [-0.2, -0.15) is 0 Å². The molecule has 0 aromatic heterocycles. The van der Waals surface area contributed by atoms with Gasteiger partial charge in [-0.1, -0.05) is 53.5 Å². The number of hydrogen-bond donors (Lipinski definition) is 1. The Morgan fingerprint density at radius 1 is 0.947 bits per heavy atom. The first-order chi connectivity index (χ1) is 9.08. The van der Waals surface area contributed by atoms with Crippen molar-refractivity contribution in [3.05, 3.63) is 69.5 Å². The maximum atomic E-state index is 13.5. The van der Waals surface area contributed by atoms with Crippen LogP contribution in [-0.4, -0.2) is 6.04 Å². The van der Waals surface area contributed by atoms with Gasteiger partial charge in [-0.05, 0) is 36.1 Å². The quantitative estimate of drug-likeness (QED) is 0.897. The van der Waals surface area contributed by atoms with E-state index in [1.165, 1.54) is 6.07 Å². The van der Waals surface area contributed by atoms with Crippen LogP contribution in [0.15, 0.2) is 42.5 Å². The fraction of sp³-hybridized carbons (Fsp3) is 0.200. The lowest BCUT2D eigenvalue weighted by molar-refractivity contribution is 0.584. The highest BCUT2D eigenvalue weighted by Crippen LogP contribution is 2.26. The van der Waals surface area contributed by atoms with E-state index in [-0.39, 0.29) is 11.9 Å². The first-order valence-corrected chi connectivity index (χ1v) is 6.75. The van der Waals surface area contributed by atoms with Crippen LogP contribution in [0.3, 0.4) is 0 Å². The molecule has 2 N–H and O–H groups in total. The number of benzene rings is 2. The normalized spacial score (nSPS) is 12.4. The summed E-state index contributed by atoms with van der Waals surface area (Å²) in [5, 5.41) is 1.03. The van der Waals surface area contributed by atoms with E-state index in [1.807, 2.05) is 12.1 Å². The predicted octanol–water partition coefficient (Wildman–Crippen LogP) is 4.25. The van der Waals surface area contributed by atoms with Gasteiger partial charge in [0.1, 0.15) is 5.82 Å². The van der Waals surface area contributed by atoms with Crippen molar-refractivity contribution in [2.75, 3.05) is 0 Å². The third-order valence-corrected chi connectivity index (χ3v) is 3.81. The first kappa shape index (κ1) is 14.3. The average molecular weight is 298 g/mol. The topological polar surface area (TPSA) is 26.0 Å². The van der Waals surface area contributed by atoms with Crippen molar-refractivity contribution >= 4 is 23.2 Å². The van der Waals surface area contributed by atoms with E-state index >= 15 is 0 Å². The van der Waals surface area contributed by atoms with Gasteiger partial charge in [-0.15, -0.1) is 0 Å². The summed E-state index contributed by atoms with van der Waals surface area (Å²) in [6.45, 7) is 0. The summed E-state index contributed by atoms with van der Waals surface area (Å²) >= 11 is 12.1. The van der Waals surface area contributed by atoms with Crippen LogP contribution in [0.2, 0.25) is 10.0 Å². The highest BCUT2D eigenvalue weighted by atomic mass is 35.5. The molecule has 19 heavy (non-hydrogen) atoms. The second kappa shape index (κ2) is 6.38. The Morgan fingerprint density at radius 2 is 1.58 bits per heavy atom. The Bertz CT molecular complexity index is 572. The van der Waals surface area contributed by atoms with Crippen LogP contribution in [0.1, 0.15) is 11.1 Å². The third kappa shape index (κ3) is 3.69. The second-order valence-electron chi connectivity index (χ2n) is 4.47. The maximum absolute atomic E-state index is 13.5. The molecule has 4 heteroatoms. The molecule has 1 unspecified atom stereocenters. The molecule has 2 rings (SSSR count). The van der Waals surface area contributed by atoms with E-state index in [4.69, 9.17) is 28.9 Å². The molecule has 1 atom stereocenters. The largest absolute Gasteiger partial charge is 0.327 e. The van der Waals surface area contributed by atoms with Gasteiger partial charge in [0.15, 0.2) is 0 Å². The molecule has 0 spiro atoms. The molecule has 0 amide bonds. The van der Waals surface area contributed by atoms with Crippen LogP contribution in [0.25, 0.3) is 0 Å². The van der Waals surface area contributed by atoms with Gasteiger partial charge < -0.3 is 5.73 Å². The van der Waals surface area contributed by atoms with Crippen molar-refractivity contribution in [3.63, 3.8) is 0 Å². The van der Waals surface area contributed by atoms with Crippen LogP contribution < -0.4 is 5.73 Å². The van der Waals surface area contributed by atoms with E-state index in [2.05, 4.69) is 0 Å². The van der Waals surface area contributed by atoms with Crippen molar-refractivity contribution in [3.8, 4) is 0 Å². The van der Waals surface area contributed by atoms with Crippen molar-refractivity contribution in [2.24, 2.45) is 5.73 Å². The van der Waals surface area contributed by atoms with Crippen LogP contribution in [0.5, 0.6) is 0 Å². The van der Waals surface area contributed by atoms with Crippen molar-refractivity contribution < 1.29 is 4.39 Å². The van der Waals surface area contributed by atoms with Gasteiger partial charge in [-0.3, -0.25) is 0 Å². The minimum absolute atomic E-state index is 0.201. The average Bonchev–Trinajstić information content (AvgIpc) is 2.38. The van der Waals surface area contributed by atoms with E-state index in [0.717, 1.165) is 5.56 Å². The van der Waals surface area contributed by atoms with E-state index in [0.29, 0.717) is 28.5 Å². The molecule has 100 valence electrons. The van der Waals surface area contributed by atoms with E-state index in [1.54, 1.807) is 24.3 Å². The maximum Gasteiger partial charge on any atom is 0.126 e. The lowest BCUT2D eigenvalue weighted by Gasteiger charge is -2.14. The summed E-state index contributed by atoms with van der Waals surface area (Å²) in [6.07, 6.45) is 1.03. The molecular weight excluding hydrogens is 284 g/mol. The summed E-state index contributed by atoms with van der Waals surface area (Å²) < 4.78 is 13.5. The molecular formula is C15H14Cl2FN. The molecule has 2 aromatic carbocycles. The zero-order valence-electron chi connectivity index (χ0n) is 10.2. The van der Waals surface area contributed by atoms with Crippen LogP contribution in [0.4, 0.5) is 4.39 Å². The Morgan fingerprint density at radius 3 is 2.32 bits per heavy atom. The summed E-state index contributed by atoms with van der Waals surface area (Å²) in [5.74, 6) is -0.227. The van der Waals surface area contributed by atoms with Gasteiger partial charge in [0.25, 0.3) is 0 Å². The van der Waals surface area contributed by atoms with Crippen LogP contribution >= 0.6 is 23.2 Å². The first-order valence-electron chi connectivity index (χ1n) is 6.00. The van der Waals surface area contributed by atoms with E-state index in [9.17, 15) is 4.39 Å². The molecule has 0 radical (unpaired) electrons. The van der Waals surface area contributed by atoms with E-state index < -0.39 is 0 Å². The number of halogens is 3. The third-order valence-electron chi connectivity index (χ3n) is 2.95. The fourth-order valence-electron chi connectivity index (χ4n) is 2.01. The summed E-state index contributed by atoms with van der Waals surface area (Å²) in [5.41, 5.74) is 7.56.